The van der Waals surface area contributed by atoms with Crippen LogP contribution in [0.3, 0.4) is 0 Å². The molecule has 6 heteroatoms. The average Bonchev–Trinajstić information content (AvgIpc) is 3.18. The Bertz CT molecular complexity index is 900. The predicted octanol–water partition coefficient (Wildman–Crippen LogP) is 13.7. The van der Waals surface area contributed by atoms with Gasteiger partial charge in [-0.2, -0.15) is 0 Å². The molecule has 0 heterocycles. The summed E-state index contributed by atoms with van der Waals surface area (Å²) in [5.41, 5.74) is 0. The molecule has 2 atom stereocenters. The fourth-order valence-electron chi connectivity index (χ4n) is 6.91. The summed E-state index contributed by atoms with van der Waals surface area (Å²) in [4.78, 5) is 24.3. The van der Waals surface area contributed by atoms with Gasteiger partial charge in [0.1, 0.15) is 0 Å². The van der Waals surface area contributed by atoms with Gasteiger partial charge in [-0.05, 0) is 83.5 Å². The van der Waals surface area contributed by atoms with Crippen LogP contribution in [0.1, 0.15) is 239 Å². The second-order valence-electron chi connectivity index (χ2n) is 16.1. The van der Waals surface area contributed by atoms with Crippen molar-refractivity contribution in [1.82, 2.24) is 5.32 Å². The van der Waals surface area contributed by atoms with Gasteiger partial charge in [0.2, 0.25) is 5.91 Å². The van der Waals surface area contributed by atoms with Gasteiger partial charge in [0, 0.05) is 12.8 Å². The van der Waals surface area contributed by atoms with Gasteiger partial charge < -0.3 is 20.3 Å². The van der Waals surface area contributed by atoms with Crippen molar-refractivity contribution in [2.45, 2.75) is 251 Å². The van der Waals surface area contributed by atoms with E-state index in [4.69, 9.17) is 4.74 Å². The van der Waals surface area contributed by atoms with Gasteiger partial charge in [-0.3, -0.25) is 9.59 Å². The molecule has 0 spiro atoms. The maximum Gasteiger partial charge on any atom is 0.305 e. The number of aliphatic hydroxyl groups is 2. The van der Waals surface area contributed by atoms with Crippen LogP contribution in [-0.4, -0.2) is 47.4 Å². The molecule has 0 aromatic rings. The van der Waals surface area contributed by atoms with Crippen molar-refractivity contribution in [2.24, 2.45) is 0 Å². The number of esters is 1. The molecule has 1 amide bonds. The molecule has 55 heavy (non-hydrogen) atoms. The summed E-state index contributed by atoms with van der Waals surface area (Å²) in [6.07, 6.45) is 52.7. The third kappa shape index (κ3) is 41.5. The van der Waals surface area contributed by atoms with Crippen molar-refractivity contribution in [3.63, 3.8) is 0 Å². The standard InChI is InChI=1S/C49H91NO5/c1-3-5-7-9-11-13-15-18-21-25-29-33-37-41-47(52)46(45-51)50-48(53)42-38-34-30-26-22-19-17-20-24-28-32-36-40-44-55-49(54)43-39-35-31-27-23-16-14-12-10-8-6-4-2/h12,14,19,22,37,41,46-47,51-52H,3-11,13,15-18,20-21,23-36,38-40,42-45H2,1-2H3,(H,50,53)/b14-12-,22-19-,41-37+. The van der Waals surface area contributed by atoms with E-state index in [-0.39, 0.29) is 18.5 Å². The molecule has 0 aliphatic heterocycles. The zero-order valence-electron chi connectivity index (χ0n) is 36.4. The predicted molar refractivity (Wildman–Crippen MR) is 236 cm³/mol. The number of rotatable bonds is 43. The smallest absolute Gasteiger partial charge is 0.305 e. The second-order valence-corrected chi connectivity index (χ2v) is 16.1. The first-order valence-electron chi connectivity index (χ1n) is 23.8. The minimum absolute atomic E-state index is 0.0252. The van der Waals surface area contributed by atoms with E-state index in [0.29, 0.717) is 19.4 Å². The molecule has 322 valence electrons. The minimum Gasteiger partial charge on any atom is -0.466 e. The molecule has 0 aliphatic rings. The van der Waals surface area contributed by atoms with E-state index >= 15 is 0 Å². The van der Waals surface area contributed by atoms with Crippen LogP contribution in [0.4, 0.5) is 0 Å². The van der Waals surface area contributed by atoms with Crippen LogP contribution >= 0.6 is 0 Å². The highest BCUT2D eigenvalue weighted by Crippen LogP contribution is 2.14. The molecule has 0 saturated heterocycles. The summed E-state index contributed by atoms with van der Waals surface area (Å²) >= 11 is 0. The number of ether oxygens (including phenoxy) is 1. The first-order chi connectivity index (χ1) is 27.0. The van der Waals surface area contributed by atoms with Crippen LogP contribution in [0.25, 0.3) is 0 Å². The number of hydrogen-bond donors (Lipinski definition) is 3. The number of allylic oxidation sites excluding steroid dienone is 5. The second kappa shape index (κ2) is 44.8. The molecule has 2 unspecified atom stereocenters. The van der Waals surface area contributed by atoms with Gasteiger partial charge >= 0.3 is 5.97 Å². The van der Waals surface area contributed by atoms with Gasteiger partial charge in [-0.25, -0.2) is 0 Å². The van der Waals surface area contributed by atoms with Crippen LogP contribution < -0.4 is 5.32 Å². The molecule has 0 radical (unpaired) electrons. The van der Waals surface area contributed by atoms with E-state index < -0.39 is 12.1 Å². The highest BCUT2D eigenvalue weighted by molar-refractivity contribution is 5.76. The third-order valence-electron chi connectivity index (χ3n) is 10.6. The topological polar surface area (TPSA) is 95.9 Å². The number of aliphatic hydroxyl groups excluding tert-OH is 2. The number of nitrogens with one attached hydrogen (secondary N) is 1. The van der Waals surface area contributed by atoms with Gasteiger partial charge in [-0.15, -0.1) is 0 Å². The molecular formula is C49H91NO5. The zero-order chi connectivity index (χ0) is 40.1. The van der Waals surface area contributed by atoms with Crippen molar-refractivity contribution in [1.29, 1.82) is 0 Å². The van der Waals surface area contributed by atoms with Crippen LogP contribution in [0.15, 0.2) is 36.5 Å². The highest BCUT2D eigenvalue weighted by atomic mass is 16.5. The van der Waals surface area contributed by atoms with Crippen molar-refractivity contribution >= 4 is 11.9 Å². The first-order valence-corrected chi connectivity index (χ1v) is 23.8. The van der Waals surface area contributed by atoms with Crippen molar-refractivity contribution in [3.05, 3.63) is 36.5 Å². The minimum atomic E-state index is -0.861. The van der Waals surface area contributed by atoms with Crippen LogP contribution in [0.5, 0.6) is 0 Å². The molecule has 0 aliphatic carbocycles. The monoisotopic (exact) mass is 774 g/mol. The normalized spacial score (nSPS) is 13.0. The van der Waals surface area contributed by atoms with Crippen molar-refractivity contribution < 1.29 is 24.5 Å². The fourth-order valence-corrected chi connectivity index (χ4v) is 6.91. The molecule has 0 aromatic heterocycles. The summed E-state index contributed by atoms with van der Waals surface area (Å²) in [6.45, 7) is 4.81. The van der Waals surface area contributed by atoms with E-state index in [2.05, 4.69) is 43.5 Å². The summed E-state index contributed by atoms with van der Waals surface area (Å²) in [5.74, 6) is -0.125. The zero-order valence-corrected chi connectivity index (χ0v) is 36.4. The number of carbonyl (C=O) groups excluding carboxylic acids is 2. The summed E-state index contributed by atoms with van der Waals surface area (Å²) in [5, 5.41) is 23.0. The average molecular weight is 774 g/mol. The largest absolute Gasteiger partial charge is 0.466 e. The molecule has 6 nitrogen and oxygen atoms in total. The maximum atomic E-state index is 12.4. The van der Waals surface area contributed by atoms with E-state index in [1.807, 2.05) is 6.08 Å². The quantitative estimate of drug-likeness (QED) is 0.0326. The summed E-state index contributed by atoms with van der Waals surface area (Å²) in [7, 11) is 0. The lowest BCUT2D eigenvalue weighted by Gasteiger charge is -2.19. The van der Waals surface area contributed by atoms with Crippen LogP contribution in [0, 0.1) is 0 Å². The van der Waals surface area contributed by atoms with E-state index in [9.17, 15) is 19.8 Å². The van der Waals surface area contributed by atoms with E-state index in [0.717, 1.165) is 70.6 Å². The van der Waals surface area contributed by atoms with Crippen molar-refractivity contribution in [2.75, 3.05) is 13.2 Å². The van der Waals surface area contributed by atoms with Gasteiger partial charge in [0.25, 0.3) is 0 Å². The van der Waals surface area contributed by atoms with E-state index in [1.54, 1.807) is 6.08 Å². The van der Waals surface area contributed by atoms with Crippen LogP contribution in [0.2, 0.25) is 0 Å². The molecular weight excluding hydrogens is 683 g/mol. The Morgan fingerprint density at radius 1 is 0.491 bits per heavy atom. The molecule has 3 N–H and O–H groups in total. The number of carbonyl (C=O) groups is 2. The highest BCUT2D eigenvalue weighted by Gasteiger charge is 2.18. The fraction of sp³-hybridized carbons (Fsp3) is 0.837. The Labute approximate surface area is 341 Å². The van der Waals surface area contributed by atoms with Gasteiger partial charge in [-0.1, -0.05) is 179 Å². The lowest BCUT2D eigenvalue weighted by Crippen LogP contribution is -2.45. The van der Waals surface area contributed by atoms with Crippen LogP contribution in [-0.2, 0) is 14.3 Å². The Hall–Kier alpha value is -1.92. The molecule has 0 saturated carbocycles. The third-order valence-corrected chi connectivity index (χ3v) is 10.6. The lowest BCUT2D eigenvalue weighted by atomic mass is 10.0. The van der Waals surface area contributed by atoms with Gasteiger partial charge in [0.05, 0.1) is 25.4 Å². The first kappa shape index (κ1) is 53.1. The maximum absolute atomic E-state index is 12.4. The van der Waals surface area contributed by atoms with Gasteiger partial charge in [0.15, 0.2) is 0 Å². The Kier molecular flexibility index (Phi) is 43.2. The molecule has 0 fully saturated rings. The Morgan fingerprint density at radius 3 is 1.35 bits per heavy atom. The molecule has 0 rings (SSSR count). The number of amides is 1. The summed E-state index contributed by atoms with van der Waals surface area (Å²) < 4.78 is 5.43. The lowest BCUT2D eigenvalue weighted by molar-refractivity contribution is -0.143. The molecule has 0 bridgehead atoms. The number of hydrogen-bond acceptors (Lipinski definition) is 5. The number of unbranched alkanes of at least 4 members (excludes halogenated alkanes) is 28. The Morgan fingerprint density at radius 2 is 0.855 bits per heavy atom. The van der Waals surface area contributed by atoms with Crippen molar-refractivity contribution in [3.8, 4) is 0 Å². The Balaban J connectivity index is 3.56. The molecule has 0 aromatic carbocycles. The van der Waals surface area contributed by atoms with E-state index in [1.165, 1.54) is 141 Å². The summed E-state index contributed by atoms with van der Waals surface area (Å²) in [6, 6.07) is -0.647. The SMILES string of the molecule is CCCCC/C=C\CCCCCCCC(=O)OCCCCCCCC/C=C\CCCCCC(=O)NC(CO)C(O)/C=C/CCCCCCCCCCCCC.